The largest absolute Gasteiger partial charge is 0.487 e. The lowest BCUT2D eigenvalue weighted by Crippen LogP contribution is -2.20. The van der Waals surface area contributed by atoms with Crippen LogP contribution in [0.25, 0.3) is 11.4 Å². The van der Waals surface area contributed by atoms with Gasteiger partial charge in [-0.25, -0.2) is 9.97 Å². The monoisotopic (exact) mass is 301 g/mol. The third kappa shape index (κ3) is 2.97. The molecule has 0 aromatic carbocycles. The Morgan fingerprint density at radius 1 is 1.27 bits per heavy atom. The first-order valence-corrected chi connectivity index (χ1v) is 7.90. The van der Waals surface area contributed by atoms with E-state index in [4.69, 9.17) is 10.5 Å². The van der Waals surface area contributed by atoms with Crippen LogP contribution >= 0.6 is 0 Å². The average molecular weight is 301 g/mol. The molecule has 0 atom stereocenters. The van der Waals surface area contributed by atoms with Gasteiger partial charge < -0.3 is 10.5 Å². The highest BCUT2D eigenvalue weighted by Gasteiger charge is 2.18. The molecule has 1 aliphatic rings. The maximum Gasteiger partial charge on any atom is 0.163 e. The van der Waals surface area contributed by atoms with Gasteiger partial charge in [-0.1, -0.05) is 6.42 Å². The Kier molecular flexibility index (Phi) is 4.38. The van der Waals surface area contributed by atoms with Crippen molar-refractivity contribution in [1.29, 1.82) is 0 Å². The molecule has 0 saturated heterocycles. The summed E-state index contributed by atoms with van der Waals surface area (Å²) >= 11 is 0. The molecule has 0 aliphatic heterocycles. The van der Waals surface area contributed by atoms with Crippen molar-refractivity contribution in [3.05, 3.63) is 23.8 Å². The topological polar surface area (TPSA) is 78.9 Å². The molecule has 22 heavy (non-hydrogen) atoms. The van der Waals surface area contributed by atoms with Crippen molar-refractivity contribution in [3.8, 4) is 17.1 Å². The number of rotatable bonds is 4. The van der Waals surface area contributed by atoms with Crippen molar-refractivity contribution < 1.29 is 4.74 Å². The van der Waals surface area contributed by atoms with Crippen LogP contribution in [0.5, 0.6) is 5.75 Å². The normalized spacial score (nSPS) is 16.0. The summed E-state index contributed by atoms with van der Waals surface area (Å²) in [5.41, 5.74) is 8.46. The molecule has 0 unspecified atom stereocenters. The zero-order valence-electron chi connectivity index (χ0n) is 13.2. The molecule has 0 bridgehead atoms. The molecule has 0 amide bonds. The number of hydrogen-bond donors (Lipinski definition) is 1. The molecule has 6 heteroatoms. The first-order valence-electron chi connectivity index (χ1n) is 7.90. The molecule has 118 valence electrons. The van der Waals surface area contributed by atoms with Crippen LogP contribution in [0, 0.1) is 6.92 Å². The fourth-order valence-corrected chi connectivity index (χ4v) is 2.96. The standard InChI is InChI=1S/C16H23N5O/c1-11-15(22-12-6-4-3-5-7-12)10-18-16(20-11)13-9-19-21(2)14(13)8-17/h9-10,12H,3-8,17H2,1-2H3. The molecule has 0 spiro atoms. The zero-order valence-corrected chi connectivity index (χ0v) is 13.2. The van der Waals surface area contributed by atoms with Gasteiger partial charge >= 0.3 is 0 Å². The Labute approximate surface area is 130 Å². The summed E-state index contributed by atoms with van der Waals surface area (Å²) in [4.78, 5) is 9.04. The van der Waals surface area contributed by atoms with Gasteiger partial charge in [0.25, 0.3) is 0 Å². The molecule has 2 aromatic rings. The zero-order chi connectivity index (χ0) is 15.5. The maximum absolute atomic E-state index is 6.07. The molecular formula is C16H23N5O. The maximum atomic E-state index is 6.07. The van der Waals surface area contributed by atoms with E-state index in [0.717, 1.165) is 35.5 Å². The summed E-state index contributed by atoms with van der Waals surface area (Å²) in [5.74, 6) is 1.44. The van der Waals surface area contributed by atoms with Crippen LogP contribution in [0.1, 0.15) is 43.5 Å². The fourth-order valence-electron chi connectivity index (χ4n) is 2.96. The molecule has 0 radical (unpaired) electrons. The molecule has 2 heterocycles. The smallest absolute Gasteiger partial charge is 0.163 e. The van der Waals surface area contributed by atoms with E-state index in [-0.39, 0.29) is 0 Å². The molecule has 1 saturated carbocycles. The number of hydrogen-bond acceptors (Lipinski definition) is 5. The van der Waals surface area contributed by atoms with Gasteiger partial charge in [-0.05, 0) is 32.6 Å². The molecule has 2 N–H and O–H groups in total. The van der Waals surface area contributed by atoms with E-state index in [0.29, 0.717) is 18.5 Å². The summed E-state index contributed by atoms with van der Waals surface area (Å²) in [6, 6.07) is 0. The van der Waals surface area contributed by atoms with Crippen LogP contribution < -0.4 is 10.5 Å². The van der Waals surface area contributed by atoms with Gasteiger partial charge in [0.2, 0.25) is 0 Å². The molecule has 2 aromatic heterocycles. The first kappa shape index (κ1) is 15.0. The SMILES string of the molecule is Cc1nc(-c2cnn(C)c2CN)ncc1OC1CCCCC1. The molecule has 6 nitrogen and oxygen atoms in total. The van der Waals surface area contributed by atoms with Crippen molar-refractivity contribution in [1.82, 2.24) is 19.7 Å². The third-order valence-corrected chi connectivity index (χ3v) is 4.28. The summed E-state index contributed by atoms with van der Waals surface area (Å²) in [6.07, 6.45) is 9.91. The second-order valence-corrected chi connectivity index (χ2v) is 5.85. The van der Waals surface area contributed by atoms with Gasteiger partial charge in [-0.2, -0.15) is 5.10 Å². The van der Waals surface area contributed by atoms with Crippen molar-refractivity contribution >= 4 is 0 Å². The van der Waals surface area contributed by atoms with Crippen molar-refractivity contribution in [3.63, 3.8) is 0 Å². The van der Waals surface area contributed by atoms with Crippen LogP contribution in [0.3, 0.4) is 0 Å². The highest BCUT2D eigenvalue weighted by Crippen LogP contribution is 2.26. The minimum absolute atomic E-state index is 0.305. The summed E-state index contributed by atoms with van der Waals surface area (Å²) < 4.78 is 7.83. The van der Waals surface area contributed by atoms with Gasteiger partial charge in [0.1, 0.15) is 0 Å². The van der Waals surface area contributed by atoms with Gasteiger partial charge in [0.05, 0.1) is 35.4 Å². The highest BCUT2D eigenvalue weighted by atomic mass is 16.5. The van der Waals surface area contributed by atoms with Crippen LogP contribution in [-0.2, 0) is 13.6 Å². The van der Waals surface area contributed by atoms with Crippen molar-refractivity contribution in [2.45, 2.75) is 51.7 Å². The fraction of sp³-hybridized carbons (Fsp3) is 0.562. The second-order valence-electron chi connectivity index (χ2n) is 5.85. The lowest BCUT2D eigenvalue weighted by Gasteiger charge is -2.23. The van der Waals surface area contributed by atoms with E-state index >= 15 is 0 Å². The van der Waals surface area contributed by atoms with E-state index in [1.54, 1.807) is 17.1 Å². The molecule has 1 aliphatic carbocycles. The Morgan fingerprint density at radius 3 is 2.73 bits per heavy atom. The van der Waals surface area contributed by atoms with Gasteiger partial charge in [-0.15, -0.1) is 0 Å². The minimum Gasteiger partial charge on any atom is -0.487 e. The van der Waals surface area contributed by atoms with Crippen molar-refractivity contribution in [2.24, 2.45) is 12.8 Å². The molecular weight excluding hydrogens is 278 g/mol. The Morgan fingerprint density at radius 2 is 2.05 bits per heavy atom. The summed E-state index contributed by atoms with van der Waals surface area (Å²) in [5, 5.41) is 4.23. The third-order valence-electron chi connectivity index (χ3n) is 4.28. The number of aryl methyl sites for hydroxylation is 2. The summed E-state index contributed by atoms with van der Waals surface area (Å²) in [6.45, 7) is 2.37. The quantitative estimate of drug-likeness (QED) is 0.937. The van der Waals surface area contributed by atoms with Crippen LogP contribution in [0.2, 0.25) is 0 Å². The minimum atomic E-state index is 0.305. The molecule has 3 rings (SSSR count). The van der Waals surface area contributed by atoms with E-state index in [2.05, 4.69) is 15.1 Å². The number of nitrogens with zero attached hydrogens (tertiary/aromatic N) is 4. The lowest BCUT2D eigenvalue weighted by molar-refractivity contribution is 0.152. The average Bonchev–Trinajstić information content (AvgIpc) is 2.91. The Bertz CT molecular complexity index is 646. The van der Waals surface area contributed by atoms with Gasteiger partial charge in [0, 0.05) is 13.6 Å². The van der Waals surface area contributed by atoms with Gasteiger partial charge in [-0.3, -0.25) is 4.68 Å². The van der Waals surface area contributed by atoms with E-state index < -0.39 is 0 Å². The van der Waals surface area contributed by atoms with Gasteiger partial charge in [0.15, 0.2) is 11.6 Å². The Balaban J connectivity index is 1.82. The van der Waals surface area contributed by atoms with E-state index in [1.807, 2.05) is 14.0 Å². The van der Waals surface area contributed by atoms with Crippen LogP contribution in [0.4, 0.5) is 0 Å². The van der Waals surface area contributed by atoms with E-state index in [1.165, 1.54) is 19.3 Å². The molecule has 1 fully saturated rings. The predicted molar refractivity (Wildman–Crippen MR) is 84.4 cm³/mol. The highest BCUT2D eigenvalue weighted by molar-refractivity contribution is 5.57. The number of ether oxygens (including phenoxy) is 1. The number of aromatic nitrogens is 4. The van der Waals surface area contributed by atoms with Crippen LogP contribution in [-0.4, -0.2) is 25.9 Å². The first-order chi connectivity index (χ1) is 10.7. The Hall–Kier alpha value is -1.95. The van der Waals surface area contributed by atoms with Crippen molar-refractivity contribution in [2.75, 3.05) is 0 Å². The second kappa shape index (κ2) is 6.44. The lowest BCUT2D eigenvalue weighted by atomic mass is 9.98. The number of nitrogens with two attached hydrogens (primary N) is 1. The van der Waals surface area contributed by atoms with Crippen LogP contribution in [0.15, 0.2) is 12.4 Å². The summed E-state index contributed by atoms with van der Waals surface area (Å²) in [7, 11) is 1.87. The van der Waals surface area contributed by atoms with E-state index in [9.17, 15) is 0 Å². The predicted octanol–water partition coefficient (Wildman–Crippen LogP) is 2.36.